The maximum absolute atomic E-state index is 12.0. The van der Waals surface area contributed by atoms with Crippen LogP contribution in [-0.4, -0.2) is 18.3 Å². The van der Waals surface area contributed by atoms with Gasteiger partial charge in [0.25, 0.3) is 0 Å². The molecule has 1 atom stereocenters. The van der Waals surface area contributed by atoms with Crippen LogP contribution in [0.2, 0.25) is 5.02 Å². The maximum atomic E-state index is 12.0. The summed E-state index contributed by atoms with van der Waals surface area (Å²) in [6.07, 6.45) is 1.75. The highest BCUT2D eigenvalue weighted by molar-refractivity contribution is 8.03. The second-order valence-corrected chi connectivity index (χ2v) is 6.81. The highest BCUT2D eigenvalue weighted by Crippen LogP contribution is 2.36. The largest absolute Gasteiger partial charge is 0.491 e. The molecule has 0 saturated carbocycles. The number of amides is 1. The SMILES string of the molecule is N#CC1=C(SCCOc2ccccc2Cl)NC(=O)C[C@H]1c1ccco1. The van der Waals surface area contributed by atoms with Gasteiger partial charge in [-0.3, -0.25) is 4.79 Å². The summed E-state index contributed by atoms with van der Waals surface area (Å²) in [4.78, 5) is 12.0. The van der Waals surface area contributed by atoms with Crippen LogP contribution in [0.3, 0.4) is 0 Å². The first-order valence-corrected chi connectivity index (χ1v) is 9.03. The molecule has 3 rings (SSSR count). The van der Waals surface area contributed by atoms with Gasteiger partial charge in [0.15, 0.2) is 0 Å². The van der Waals surface area contributed by atoms with Crippen molar-refractivity contribution in [1.29, 1.82) is 5.26 Å². The van der Waals surface area contributed by atoms with Gasteiger partial charge in [-0.2, -0.15) is 5.26 Å². The van der Waals surface area contributed by atoms with Crippen molar-refractivity contribution in [2.24, 2.45) is 0 Å². The molecule has 1 aromatic heterocycles. The topological polar surface area (TPSA) is 75.3 Å². The normalized spacial score (nSPS) is 17.1. The number of nitriles is 1. The van der Waals surface area contributed by atoms with Crippen LogP contribution in [0, 0.1) is 11.3 Å². The summed E-state index contributed by atoms with van der Waals surface area (Å²) < 4.78 is 11.0. The molecule has 5 nitrogen and oxygen atoms in total. The van der Waals surface area contributed by atoms with Crippen molar-refractivity contribution in [3.8, 4) is 11.8 Å². The third-order valence-electron chi connectivity index (χ3n) is 3.67. The van der Waals surface area contributed by atoms with Crippen molar-refractivity contribution >= 4 is 29.3 Å². The molecule has 0 radical (unpaired) electrons. The minimum atomic E-state index is -0.347. The molecule has 0 unspecified atom stereocenters. The summed E-state index contributed by atoms with van der Waals surface area (Å²) in [6, 6.07) is 13.0. The first-order chi connectivity index (χ1) is 12.2. The quantitative estimate of drug-likeness (QED) is 0.771. The van der Waals surface area contributed by atoms with Crippen LogP contribution < -0.4 is 10.1 Å². The lowest BCUT2D eigenvalue weighted by Crippen LogP contribution is -2.31. The lowest BCUT2D eigenvalue weighted by Gasteiger charge is -2.23. The third kappa shape index (κ3) is 4.19. The second kappa shape index (κ2) is 8.15. The number of allylic oxidation sites excluding steroid dienone is 1. The van der Waals surface area contributed by atoms with Crippen molar-refractivity contribution < 1.29 is 13.9 Å². The Morgan fingerprint density at radius 3 is 2.92 bits per heavy atom. The Morgan fingerprint density at radius 2 is 2.20 bits per heavy atom. The van der Waals surface area contributed by atoms with Gasteiger partial charge in [-0.05, 0) is 24.3 Å². The molecule has 0 saturated heterocycles. The number of rotatable bonds is 6. The minimum absolute atomic E-state index is 0.130. The zero-order valence-electron chi connectivity index (χ0n) is 13.2. The van der Waals surface area contributed by atoms with Crippen LogP contribution in [0.5, 0.6) is 5.75 Å². The number of nitrogens with one attached hydrogen (secondary N) is 1. The predicted octanol–water partition coefficient (Wildman–Crippen LogP) is 4.08. The number of carbonyl (C=O) groups excluding carboxylic acids is 1. The number of carbonyl (C=O) groups is 1. The van der Waals surface area contributed by atoms with Crippen LogP contribution in [0.25, 0.3) is 0 Å². The number of hydrogen-bond acceptors (Lipinski definition) is 5. The molecule has 2 aromatic rings. The average Bonchev–Trinajstić information content (AvgIpc) is 3.14. The van der Waals surface area contributed by atoms with Crippen molar-refractivity contribution in [1.82, 2.24) is 5.32 Å². The Morgan fingerprint density at radius 1 is 1.36 bits per heavy atom. The lowest BCUT2D eigenvalue weighted by molar-refractivity contribution is -0.120. The van der Waals surface area contributed by atoms with E-state index in [4.69, 9.17) is 20.8 Å². The van der Waals surface area contributed by atoms with Gasteiger partial charge in [0.1, 0.15) is 11.5 Å². The van der Waals surface area contributed by atoms with E-state index in [0.717, 1.165) is 0 Å². The van der Waals surface area contributed by atoms with Gasteiger partial charge >= 0.3 is 0 Å². The van der Waals surface area contributed by atoms with E-state index in [9.17, 15) is 10.1 Å². The van der Waals surface area contributed by atoms with Crippen molar-refractivity contribution in [3.05, 3.63) is 64.0 Å². The van der Waals surface area contributed by atoms with Crippen LogP contribution in [-0.2, 0) is 4.79 Å². The molecule has 1 aliphatic heterocycles. The van der Waals surface area contributed by atoms with E-state index in [0.29, 0.717) is 39.5 Å². The summed E-state index contributed by atoms with van der Waals surface area (Å²) in [5, 5.41) is 13.4. The zero-order valence-corrected chi connectivity index (χ0v) is 14.8. The van der Waals surface area contributed by atoms with E-state index in [1.807, 2.05) is 12.1 Å². The lowest BCUT2D eigenvalue weighted by atomic mass is 9.92. The van der Waals surface area contributed by atoms with Gasteiger partial charge in [0.2, 0.25) is 5.91 Å². The smallest absolute Gasteiger partial charge is 0.225 e. The second-order valence-electron chi connectivity index (χ2n) is 5.30. The number of nitrogens with zero attached hydrogens (tertiary/aromatic N) is 1. The van der Waals surface area contributed by atoms with E-state index in [1.165, 1.54) is 11.8 Å². The number of thioether (sulfide) groups is 1. The molecule has 128 valence electrons. The van der Waals surface area contributed by atoms with Crippen LogP contribution in [0.1, 0.15) is 18.1 Å². The van der Waals surface area contributed by atoms with Gasteiger partial charge in [-0.15, -0.1) is 11.8 Å². The molecule has 2 heterocycles. The molecule has 7 heteroatoms. The highest BCUT2D eigenvalue weighted by atomic mass is 35.5. The van der Waals surface area contributed by atoms with Crippen LogP contribution in [0.15, 0.2) is 57.7 Å². The molecule has 0 bridgehead atoms. The molecule has 1 N–H and O–H groups in total. The van der Waals surface area contributed by atoms with Gasteiger partial charge in [-0.1, -0.05) is 23.7 Å². The van der Waals surface area contributed by atoms with E-state index in [2.05, 4.69) is 11.4 Å². The fourth-order valence-corrected chi connectivity index (χ4v) is 3.61. The summed E-state index contributed by atoms with van der Waals surface area (Å²) in [5.41, 5.74) is 0.511. The molecule has 25 heavy (non-hydrogen) atoms. The minimum Gasteiger partial charge on any atom is -0.491 e. The Balaban J connectivity index is 1.66. The molecule has 1 aliphatic rings. The maximum Gasteiger partial charge on any atom is 0.225 e. The van der Waals surface area contributed by atoms with E-state index < -0.39 is 0 Å². The molecular formula is C18H15ClN2O3S. The number of furan rings is 1. The monoisotopic (exact) mass is 374 g/mol. The van der Waals surface area contributed by atoms with Crippen LogP contribution >= 0.6 is 23.4 Å². The van der Waals surface area contributed by atoms with Crippen LogP contribution in [0.4, 0.5) is 0 Å². The number of benzene rings is 1. The molecule has 0 fully saturated rings. The number of ether oxygens (including phenoxy) is 1. The first-order valence-electron chi connectivity index (χ1n) is 7.66. The van der Waals surface area contributed by atoms with Crippen molar-refractivity contribution in [3.63, 3.8) is 0 Å². The fourth-order valence-electron chi connectivity index (χ4n) is 2.52. The Hall–Kier alpha value is -2.36. The highest BCUT2D eigenvalue weighted by Gasteiger charge is 2.31. The summed E-state index contributed by atoms with van der Waals surface area (Å²) in [5.74, 6) is 1.32. The molecule has 0 spiro atoms. The molecule has 1 aromatic carbocycles. The summed E-state index contributed by atoms with van der Waals surface area (Å²) in [7, 11) is 0. The standard InChI is InChI=1S/C18H15ClN2O3S/c19-14-4-1-2-5-16(14)24-8-9-25-18-13(11-20)12(10-17(22)21-18)15-6-3-7-23-15/h1-7,12H,8-10H2,(H,21,22)/t12-/m1/s1. The molecule has 1 amide bonds. The van der Waals surface area contributed by atoms with Crippen molar-refractivity contribution in [2.75, 3.05) is 12.4 Å². The van der Waals surface area contributed by atoms with E-state index in [-0.39, 0.29) is 18.2 Å². The first kappa shape index (κ1) is 17.5. The van der Waals surface area contributed by atoms with Gasteiger partial charge in [0.05, 0.1) is 40.5 Å². The number of halogens is 1. The summed E-state index contributed by atoms with van der Waals surface area (Å²) in [6.45, 7) is 0.401. The zero-order chi connectivity index (χ0) is 17.6. The number of hydrogen-bond donors (Lipinski definition) is 1. The van der Waals surface area contributed by atoms with E-state index in [1.54, 1.807) is 30.5 Å². The Labute approximate surface area is 154 Å². The van der Waals surface area contributed by atoms with Gasteiger partial charge in [-0.25, -0.2) is 0 Å². The summed E-state index contributed by atoms with van der Waals surface area (Å²) >= 11 is 7.42. The fraction of sp³-hybridized carbons (Fsp3) is 0.222. The van der Waals surface area contributed by atoms with Gasteiger partial charge in [0, 0.05) is 12.2 Å². The van der Waals surface area contributed by atoms with Crippen molar-refractivity contribution in [2.45, 2.75) is 12.3 Å². The molecule has 0 aliphatic carbocycles. The predicted molar refractivity (Wildman–Crippen MR) is 96.3 cm³/mol. The Kier molecular flexibility index (Phi) is 5.69. The van der Waals surface area contributed by atoms with E-state index >= 15 is 0 Å². The average molecular weight is 375 g/mol. The van der Waals surface area contributed by atoms with Gasteiger partial charge < -0.3 is 14.5 Å². The third-order valence-corrected chi connectivity index (χ3v) is 4.96. The Bertz CT molecular complexity index is 827. The molecular weight excluding hydrogens is 360 g/mol. The number of para-hydroxylation sites is 1.